The smallest absolute Gasteiger partial charge is 0.243 e. The zero-order chi connectivity index (χ0) is 21.8. The van der Waals surface area contributed by atoms with Crippen LogP contribution in [0, 0.1) is 0 Å². The molecule has 3 aromatic rings. The zero-order valence-corrected chi connectivity index (χ0v) is 18.2. The molecule has 0 atom stereocenters. The molecule has 4 rings (SSSR count). The van der Waals surface area contributed by atoms with Crippen LogP contribution < -0.4 is 9.64 Å². The summed E-state index contributed by atoms with van der Waals surface area (Å²) in [5.41, 5.74) is 1.43. The van der Waals surface area contributed by atoms with Crippen molar-refractivity contribution >= 4 is 33.2 Å². The molecule has 1 aliphatic heterocycles. The van der Waals surface area contributed by atoms with Crippen molar-refractivity contribution in [1.82, 2.24) is 4.31 Å². The van der Waals surface area contributed by atoms with Gasteiger partial charge in [-0.15, -0.1) is 0 Å². The molecule has 0 unspecified atom stereocenters. The number of halogens is 1. The molecule has 1 heterocycles. The highest BCUT2D eigenvalue weighted by molar-refractivity contribution is 7.89. The average molecular weight is 457 g/mol. The van der Waals surface area contributed by atoms with Crippen LogP contribution in [0.25, 0.3) is 0 Å². The van der Waals surface area contributed by atoms with Crippen LogP contribution in [0.15, 0.2) is 83.8 Å². The van der Waals surface area contributed by atoms with E-state index in [2.05, 4.69) is 0 Å². The molecule has 3 aromatic carbocycles. The number of carbonyl (C=O) groups is 1. The first-order chi connectivity index (χ1) is 14.9. The van der Waals surface area contributed by atoms with Gasteiger partial charge in [-0.2, -0.15) is 4.31 Å². The summed E-state index contributed by atoms with van der Waals surface area (Å²) < 4.78 is 33.6. The molecule has 0 fully saturated rings. The first-order valence-corrected chi connectivity index (χ1v) is 11.6. The van der Waals surface area contributed by atoms with Crippen molar-refractivity contribution in [2.45, 2.75) is 11.4 Å². The maximum Gasteiger partial charge on any atom is 0.243 e. The lowest BCUT2D eigenvalue weighted by Gasteiger charge is -2.31. The van der Waals surface area contributed by atoms with Gasteiger partial charge < -0.3 is 9.64 Å². The van der Waals surface area contributed by atoms with Crippen LogP contribution in [-0.4, -0.2) is 38.3 Å². The molecule has 0 aromatic heterocycles. The Bertz CT molecular complexity index is 1170. The Labute approximate surface area is 186 Å². The van der Waals surface area contributed by atoms with E-state index >= 15 is 0 Å². The van der Waals surface area contributed by atoms with E-state index in [-0.39, 0.29) is 23.9 Å². The van der Waals surface area contributed by atoms with Gasteiger partial charge in [0, 0.05) is 11.6 Å². The number of ether oxygens (including phenoxy) is 1. The van der Waals surface area contributed by atoms with Crippen LogP contribution in [0.3, 0.4) is 0 Å². The Morgan fingerprint density at radius 1 is 0.968 bits per heavy atom. The van der Waals surface area contributed by atoms with E-state index in [0.29, 0.717) is 29.6 Å². The zero-order valence-electron chi connectivity index (χ0n) is 16.6. The second-order valence-electron chi connectivity index (χ2n) is 7.07. The van der Waals surface area contributed by atoms with Crippen molar-refractivity contribution in [2.75, 3.05) is 24.6 Å². The maximum atomic E-state index is 13.4. The lowest BCUT2D eigenvalue weighted by atomic mass is 10.2. The van der Waals surface area contributed by atoms with Gasteiger partial charge in [-0.1, -0.05) is 54.1 Å². The maximum absolute atomic E-state index is 13.4. The van der Waals surface area contributed by atoms with Gasteiger partial charge in [-0.25, -0.2) is 8.42 Å². The normalized spacial score (nSPS) is 13.5. The number of carbonyl (C=O) groups excluding carboxylic acids is 1. The summed E-state index contributed by atoms with van der Waals surface area (Å²) in [7, 11) is -3.93. The van der Waals surface area contributed by atoms with Crippen LogP contribution >= 0.6 is 11.6 Å². The Balaban J connectivity index is 1.65. The molecule has 31 heavy (non-hydrogen) atoms. The SMILES string of the molecule is O=C(CN(Cc1ccccc1)S(=O)(=O)c1ccc(Cl)cc1)N1CCOc2ccccc21. The summed E-state index contributed by atoms with van der Waals surface area (Å²) in [6.07, 6.45) is 0. The molecule has 8 heteroatoms. The van der Waals surface area contributed by atoms with E-state index < -0.39 is 10.0 Å². The van der Waals surface area contributed by atoms with E-state index in [4.69, 9.17) is 16.3 Å². The topological polar surface area (TPSA) is 66.9 Å². The number of hydrogen-bond acceptors (Lipinski definition) is 4. The Hall–Kier alpha value is -2.87. The molecular formula is C23H21ClN2O4S. The van der Waals surface area contributed by atoms with E-state index in [0.717, 1.165) is 5.56 Å². The third kappa shape index (κ3) is 4.74. The van der Waals surface area contributed by atoms with Gasteiger partial charge in [-0.05, 0) is 42.0 Å². The van der Waals surface area contributed by atoms with Crippen LogP contribution in [0.5, 0.6) is 5.75 Å². The molecule has 0 bridgehead atoms. The molecule has 0 spiro atoms. The predicted molar refractivity (Wildman–Crippen MR) is 120 cm³/mol. The van der Waals surface area contributed by atoms with Gasteiger partial charge >= 0.3 is 0 Å². The fourth-order valence-electron chi connectivity index (χ4n) is 3.43. The van der Waals surface area contributed by atoms with Gasteiger partial charge in [0.15, 0.2) is 0 Å². The minimum Gasteiger partial charge on any atom is -0.490 e. The van der Waals surface area contributed by atoms with E-state index in [1.54, 1.807) is 17.0 Å². The lowest BCUT2D eigenvalue weighted by molar-refractivity contribution is -0.119. The number of benzene rings is 3. The molecule has 0 N–H and O–H groups in total. The summed E-state index contributed by atoms with van der Waals surface area (Å²) in [5, 5.41) is 0.439. The number of para-hydroxylation sites is 2. The molecular weight excluding hydrogens is 436 g/mol. The highest BCUT2D eigenvalue weighted by Gasteiger charge is 2.31. The van der Waals surface area contributed by atoms with Gasteiger partial charge in [0.1, 0.15) is 12.4 Å². The number of hydrogen-bond donors (Lipinski definition) is 0. The summed E-state index contributed by atoms with van der Waals surface area (Å²) >= 11 is 5.92. The number of rotatable bonds is 6. The lowest BCUT2D eigenvalue weighted by Crippen LogP contribution is -2.45. The van der Waals surface area contributed by atoms with Crippen molar-refractivity contribution in [3.63, 3.8) is 0 Å². The summed E-state index contributed by atoms with van der Waals surface area (Å²) in [6.45, 7) is 0.485. The van der Waals surface area contributed by atoms with Crippen LogP contribution in [0.4, 0.5) is 5.69 Å². The third-order valence-corrected chi connectivity index (χ3v) is 7.05. The first-order valence-electron chi connectivity index (χ1n) is 9.77. The Morgan fingerprint density at radius 3 is 2.39 bits per heavy atom. The largest absolute Gasteiger partial charge is 0.490 e. The number of fused-ring (bicyclic) bond motifs is 1. The second-order valence-corrected chi connectivity index (χ2v) is 9.45. The molecule has 1 amide bonds. The van der Waals surface area contributed by atoms with E-state index in [9.17, 15) is 13.2 Å². The van der Waals surface area contributed by atoms with Crippen molar-refractivity contribution in [2.24, 2.45) is 0 Å². The summed E-state index contributed by atoms with van der Waals surface area (Å²) in [5.74, 6) is 0.293. The fourth-order valence-corrected chi connectivity index (χ4v) is 4.94. The highest BCUT2D eigenvalue weighted by atomic mass is 35.5. The average Bonchev–Trinajstić information content (AvgIpc) is 2.79. The summed E-state index contributed by atoms with van der Waals surface area (Å²) in [4.78, 5) is 14.9. The van der Waals surface area contributed by atoms with Crippen molar-refractivity contribution in [1.29, 1.82) is 0 Å². The minimum absolute atomic E-state index is 0.0729. The fraction of sp³-hybridized carbons (Fsp3) is 0.174. The van der Waals surface area contributed by atoms with E-state index in [1.165, 1.54) is 28.6 Å². The van der Waals surface area contributed by atoms with Gasteiger partial charge in [0.2, 0.25) is 15.9 Å². The summed E-state index contributed by atoms with van der Waals surface area (Å²) in [6, 6.07) is 22.4. The Kier molecular flexibility index (Phi) is 6.27. The molecule has 0 saturated carbocycles. The monoisotopic (exact) mass is 456 g/mol. The number of sulfonamides is 1. The molecule has 0 radical (unpaired) electrons. The highest BCUT2D eigenvalue weighted by Crippen LogP contribution is 2.31. The van der Waals surface area contributed by atoms with Crippen LogP contribution in [0.1, 0.15) is 5.56 Å². The third-order valence-electron chi connectivity index (χ3n) is 4.99. The molecule has 0 saturated heterocycles. The number of anilines is 1. The molecule has 0 aliphatic carbocycles. The van der Waals surface area contributed by atoms with Gasteiger partial charge in [0.25, 0.3) is 0 Å². The molecule has 160 valence electrons. The predicted octanol–water partition coefficient (Wildman–Crippen LogP) is 3.96. The van der Waals surface area contributed by atoms with Gasteiger partial charge in [0.05, 0.1) is 23.7 Å². The van der Waals surface area contributed by atoms with E-state index in [1.807, 2.05) is 42.5 Å². The van der Waals surface area contributed by atoms with Crippen molar-refractivity contribution in [3.8, 4) is 5.75 Å². The Morgan fingerprint density at radius 2 is 1.65 bits per heavy atom. The van der Waals surface area contributed by atoms with Gasteiger partial charge in [-0.3, -0.25) is 4.79 Å². The van der Waals surface area contributed by atoms with Crippen molar-refractivity contribution < 1.29 is 17.9 Å². The van der Waals surface area contributed by atoms with Crippen LogP contribution in [0.2, 0.25) is 5.02 Å². The number of amides is 1. The first kappa shape index (κ1) is 21.4. The standard InChI is InChI=1S/C23H21ClN2O4S/c24-19-10-12-20(13-11-19)31(28,29)25(16-18-6-2-1-3-7-18)17-23(27)26-14-15-30-22-9-5-4-8-21(22)26/h1-13H,14-17H2. The number of nitrogens with zero attached hydrogens (tertiary/aromatic N) is 2. The van der Waals surface area contributed by atoms with Crippen molar-refractivity contribution in [3.05, 3.63) is 89.4 Å². The van der Waals surface area contributed by atoms with Crippen LogP contribution in [-0.2, 0) is 21.4 Å². The molecule has 6 nitrogen and oxygen atoms in total. The second kappa shape index (κ2) is 9.09. The molecule has 1 aliphatic rings. The minimum atomic E-state index is -3.93. The quantitative estimate of drug-likeness (QED) is 0.563.